The predicted octanol–water partition coefficient (Wildman–Crippen LogP) is 3.28. The molecule has 1 heterocycles. The van der Waals surface area contributed by atoms with Gasteiger partial charge in [0.15, 0.2) is 0 Å². The molecule has 0 fully saturated rings. The van der Waals surface area contributed by atoms with Gasteiger partial charge in [0.1, 0.15) is 18.1 Å². The zero-order valence-corrected chi connectivity index (χ0v) is 12.5. The fraction of sp³-hybridized carbons (Fsp3) is 0.312. The predicted molar refractivity (Wildman–Crippen MR) is 79.3 cm³/mol. The minimum atomic E-state index is -4.44. The zero-order valence-electron chi connectivity index (χ0n) is 12.5. The second-order valence-corrected chi connectivity index (χ2v) is 4.94. The Morgan fingerprint density at radius 2 is 1.91 bits per heavy atom. The molecular weight excluding hydrogens is 309 g/mol. The number of pyridine rings is 1. The largest absolute Gasteiger partial charge is 0.506 e. The van der Waals surface area contributed by atoms with Gasteiger partial charge in [0.05, 0.1) is 11.3 Å². The number of aromatic nitrogens is 1. The van der Waals surface area contributed by atoms with Crippen LogP contribution in [0.3, 0.4) is 0 Å². The highest BCUT2D eigenvalue weighted by atomic mass is 19.4. The molecule has 1 aromatic heterocycles. The van der Waals surface area contributed by atoms with Gasteiger partial charge in [0.2, 0.25) is 0 Å². The van der Waals surface area contributed by atoms with E-state index in [0.717, 1.165) is 11.8 Å². The number of ether oxygens (including phenoxy) is 1. The summed E-state index contributed by atoms with van der Waals surface area (Å²) in [6.45, 7) is 2.50. The Labute approximate surface area is 131 Å². The van der Waals surface area contributed by atoms with E-state index in [2.05, 4.69) is 10.3 Å². The summed E-state index contributed by atoms with van der Waals surface area (Å²) in [6.07, 6.45) is -4.44. The van der Waals surface area contributed by atoms with Crippen LogP contribution in [0.5, 0.6) is 11.5 Å². The molecule has 0 saturated carbocycles. The first-order valence-corrected chi connectivity index (χ1v) is 7.03. The quantitative estimate of drug-likeness (QED) is 0.800. The van der Waals surface area contributed by atoms with Crippen LogP contribution in [0.1, 0.15) is 17.0 Å². The van der Waals surface area contributed by atoms with Gasteiger partial charge in [-0.25, -0.2) is 0 Å². The van der Waals surface area contributed by atoms with E-state index in [-0.39, 0.29) is 18.1 Å². The van der Waals surface area contributed by atoms with E-state index in [9.17, 15) is 18.3 Å². The van der Waals surface area contributed by atoms with E-state index >= 15 is 0 Å². The van der Waals surface area contributed by atoms with Gasteiger partial charge < -0.3 is 15.2 Å². The highest BCUT2D eigenvalue weighted by Gasteiger charge is 2.33. The summed E-state index contributed by atoms with van der Waals surface area (Å²) in [5, 5.41) is 12.6. The lowest BCUT2D eigenvalue weighted by atomic mass is 10.2. The Bertz CT molecular complexity index is 660. The molecule has 0 aliphatic heterocycles. The van der Waals surface area contributed by atoms with E-state index in [4.69, 9.17) is 4.74 Å². The average Bonchev–Trinajstić information content (AvgIpc) is 2.50. The Balaban J connectivity index is 1.84. The molecular formula is C16H17F3N2O2. The molecule has 2 aromatic rings. The van der Waals surface area contributed by atoms with Crippen molar-refractivity contribution in [2.45, 2.75) is 19.6 Å². The highest BCUT2D eigenvalue weighted by molar-refractivity contribution is 5.35. The number of aryl methyl sites for hydroxylation is 1. The average molecular weight is 326 g/mol. The third-order valence-corrected chi connectivity index (χ3v) is 3.11. The van der Waals surface area contributed by atoms with E-state index < -0.39 is 11.7 Å². The number of alkyl halides is 3. The van der Waals surface area contributed by atoms with E-state index in [1.165, 1.54) is 18.2 Å². The number of nitrogens with one attached hydrogen (secondary N) is 1. The third kappa shape index (κ3) is 4.85. The molecule has 0 bridgehead atoms. The normalized spacial score (nSPS) is 11.5. The molecule has 0 amide bonds. The van der Waals surface area contributed by atoms with Crippen LogP contribution in [0.2, 0.25) is 0 Å². The molecule has 0 spiro atoms. The molecule has 7 heteroatoms. The second-order valence-electron chi connectivity index (χ2n) is 4.94. The summed E-state index contributed by atoms with van der Waals surface area (Å²) < 4.78 is 43.6. The third-order valence-electron chi connectivity index (χ3n) is 3.11. The topological polar surface area (TPSA) is 54.4 Å². The first-order chi connectivity index (χ1) is 10.9. The maximum absolute atomic E-state index is 12.8. The van der Waals surface area contributed by atoms with Gasteiger partial charge in [-0.05, 0) is 31.2 Å². The summed E-state index contributed by atoms with van der Waals surface area (Å²) in [7, 11) is 0. The van der Waals surface area contributed by atoms with Gasteiger partial charge in [0, 0.05) is 18.8 Å². The lowest BCUT2D eigenvalue weighted by molar-refractivity contribution is -0.138. The lowest BCUT2D eigenvalue weighted by Crippen LogP contribution is -2.22. The van der Waals surface area contributed by atoms with Crippen molar-refractivity contribution < 1.29 is 23.0 Å². The van der Waals surface area contributed by atoms with Crippen LogP contribution in [0.25, 0.3) is 0 Å². The number of nitrogens with zero attached hydrogens (tertiary/aromatic N) is 1. The van der Waals surface area contributed by atoms with Crippen LogP contribution in [-0.2, 0) is 12.7 Å². The molecule has 124 valence electrons. The van der Waals surface area contributed by atoms with Crippen LogP contribution in [0.15, 0.2) is 36.4 Å². The number of rotatable bonds is 6. The minimum Gasteiger partial charge on any atom is -0.506 e. The van der Waals surface area contributed by atoms with E-state index in [1.807, 2.05) is 0 Å². The van der Waals surface area contributed by atoms with Gasteiger partial charge in [-0.1, -0.05) is 12.1 Å². The molecule has 1 aromatic carbocycles. The van der Waals surface area contributed by atoms with Crippen molar-refractivity contribution in [1.82, 2.24) is 10.3 Å². The van der Waals surface area contributed by atoms with Crippen molar-refractivity contribution >= 4 is 0 Å². The molecule has 0 saturated heterocycles. The van der Waals surface area contributed by atoms with Gasteiger partial charge in [-0.15, -0.1) is 0 Å². The van der Waals surface area contributed by atoms with Crippen molar-refractivity contribution in [1.29, 1.82) is 0 Å². The fourth-order valence-electron chi connectivity index (χ4n) is 2.00. The molecule has 23 heavy (non-hydrogen) atoms. The molecule has 0 atom stereocenters. The fourth-order valence-corrected chi connectivity index (χ4v) is 2.00. The standard InChI is InChI=1S/C16H17F3N2O2/c1-11-6-7-14(22)13(21-11)10-20-8-9-23-15-5-3-2-4-12(15)16(17,18)19/h2-7,20,22H,8-10H2,1H3. The zero-order chi connectivity index (χ0) is 16.9. The highest BCUT2D eigenvalue weighted by Crippen LogP contribution is 2.35. The van der Waals surface area contributed by atoms with Gasteiger partial charge in [-0.3, -0.25) is 4.98 Å². The number of benzene rings is 1. The Morgan fingerprint density at radius 1 is 1.17 bits per heavy atom. The number of hydrogen-bond acceptors (Lipinski definition) is 4. The molecule has 0 aliphatic carbocycles. The number of hydrogen-bond donors (Lipinski definition) is 2. The van der Waals surface area contributed by atoms with Crippen molar-refractivity contribution in [3.63, 3.8) is 0 Å². The first-order valence-electron chi connectivity index (χ1n) is 7.03. The maximum Gasteiger partial charge on any atom is 0.419 e. The molecule has 0 aliphatic rings. The Morgan fingerprint density at radius 3 is 2.65 bits per heavy atom. The van der Waals surface area contributed by atoms with Gasteiger partial charge in [0.25, 0.3) is 0 Å². The molecule has 0 radical (unpaired) electrons. The van der Waals surface area contributed by atoms with Crippen molar-refractivity contribution in [2.24, 2.45) is 0 Å². The van der Waals surface area contributed by atoms with E-state index in [0.29, 0.717) is 18.8 Å². The number of aromatic hydroxyl groups is 1. The van der Waals surface area contributed by atoms with Crippen LogP contribution >= 0.6 is 0 Å². The van der Waals surface area contributed by atoms with Crippen molar-refractivity contribution in [2.75, 3.05) is 13.2 Å². The minimum absolute atomic E-state index is 0.0691. The number of para-hydroxylation sites is 1. The Kier molecular flexibility index (Phi) is 5.44. The molecule has 0 unspecified atom stereocenters. The first kappa shape index (κ1) is 17.1. The van der Waals surface area contributed by atoms with Crippen LogP contribution in [0.4, 0.5) is 13.2 Å². The summed E-state index contributed by atoms with van der Waals surface area (Å²) in [4.78, 5) is 4.17. The van der Waals surface area contributed by atoms with E-state index in [1.54, 1.807) is 19.1 Å². The second kappa shape index (κ2) is 7.32. The Hall–Kier alpha value is -2.28. The molecule has 4 nitrogen and oxygen atoms in total. The van der Waals surface area contributed by atoms with Gasteiger partial charge in [-0.2, -0.15) is 13.2 Å². The lowest BCUT2D eigenvalue weighted by Gasteiger charge is -2.14. The van der Waals surface area contributed by atoms with Gasteiger partial charge >= 0.3 is 6.18 Å². The molecule has 2 N–H and O–H groups in total. The van der Waals surface area contributed by atoms with Crippen molar-refractivity contribution in [3.05, 3.63) is 53.3 Å². The monoisotopic (exact) mass is 326 g/mol. The van der Waals surface area contributed by atoms with Crippen LogP contribution in [-0.4, -0.2) is 23.2 Å². The smallest absolute Gasteiger partial charge is 0.419 e. The van der Waals surface area contributed by atoms with Crippen LogP contribution in [0, 0.1) is 6.92 Å². The summed E-state index contributed by atoms with van der Waals surface area (Å²) in [5.41, 5.74) is 0.466. The number of halogens is 3. The summed E-state index contributed by atoms with van der Waals surface area (Å²) >= 11 is 0. The maximum atomic E-state index is 12.8. The summed E-state index contributed by atoms with van der Waals surface area (Å²) in [6, 6.07) is 8.33. The van der Waals surface area contributed by atoms with Crippen LogP contribution < -0.4 is 10.1 Å². The SMILES string of the molecule is Cc1ccc(O)c(CNCCOc2ccccc2C(F)(F)F)n1. The summed E-state index contributed by atoms with van der Waals surface area (Å²) in [5.74, 6) is -0.121. The van der Waals surface area contributed by atoms with Crippen molar-refractivity contribution in [3.8, 4) is 11.5 Å². The molecule has 2 rings (SSSR count).